The number of aliphatic carboxylic acids is 1. The molecule has 0 spiro atoms. The Bertz CT molecular complexity index is 473. The van der Waals surface area contributed by atoms with E-state index in [1.165, 1.54) is 19.1 Å². The zero-order chi connectivity index (χ0) is 14.6. The predicted molar refractivity (Wildman–Crippen MR) is 62.9 cm³/mol. The fraction of sp³-hybridized carbons (Fsp3) is 0.273. The zero-order valence-electron chi connectivity index (χ0n) is 9.69. The first-order valence-corrected chi connectivity index (χ1v) is 5.90. The zero-order valence-corrected chi connectivity index (χ0v) is 10.5. The van der Waals surface area contributed by atoms with Crippen molar-refractivity contribution in [3.63, 3.8) is 0 Å². The highest BCUT2D eigenvalue weighted by Crippen LogP contribution is 2.36. The number of hydrogen-bond acceptors (Lipinski definition) is 3. The molecule has 1 amide bonds. The van der Waals surface area contributed by atoms with Gasteiger partial charge in [-0.05, 0) is 43.0 Å². The van der Waals surface area contributed by atoms with Crippen LogP contribution in [0.4, 0.5) is 13.2 Å². The average Bonchev–Trinajstić information content (AvgIpc) is 2.27. The van der Waals surface area contributed by atoms with Gasteiger partial charge in [-0.2, -0.15) is 13.2 Å². The molecule has 0 aliphatic heterocycles. The van der Waals surface area contributed by atoms with E-state index < -0.39 is 23.4 Å². The van der Waals surface area contributed by atoms with E-state index in [0.717, 1.165) is 12.1 Å². The summed E-state index contributed by atoms with van der Waals surface area (Å²) in [5.74, 6) is -1.85. The van der Waals surface area contributed by atoms with Crippen LogP contribution in [0.2, 0.25) is 0 Å². The Morgan fingerprint density at radius 3 is 2.21 bits per heavy atom. The molecule has 0 aliphatic rings. The molecule has 0 radical (unpaired) electrons. The van der Waals surface area contributed by atoms with Crippen LogP contribution in [0.15, 0.2) is 29.2 Å². The summed E-state index contributed by atoms with van der Waals surface area (Å²) in [4.78, 5) is 22.0. The third-order valence-corrected chi connectivity index (χ3v) is 2.81. The number of rotatable bonds is 4. The number of hydrogen-bond donors (Lipinski definition) is 2. The lowest BCUT2D eigenvalue weighted by Gasteiger charge is -2.10. The molecular weight excluding hydrogens is 283 g/mol. The van der Waals surface area contributed by atoms with Gasteiger partial charge in [0.15, 0.2) is 0 Å². The molecule has 4 nitrogen and oxygen atoms in total. The second-order valence-corrected chi connectivity index (χ2v) is 4.74. The normalized spacial score (nSPS) is 12.8. The van der Waals surface area contributed by atoms with E-state index in [-0.39, 0.29) is 22.2 Å². The lowest BCUT2D eigenvalue weighted by Crippen LogP contribution is -2.38. The van der Waals surface area contributed by atoms with E-state index in [0.29, 0.717) is 0 Å². The van der Waals surface area contributed by atoms with Crippen LogP contribution in [-0.2, 0) is 4.79 Å². The molecule has 8 heteroatoms. The summed E-state index contributed by atoms with van der Waals surface area (Å²) in [6.07, 6.45) is 0. The quantitative estimate of drug-likeness (QED) is 0.837. The van der Waals surface area contributed by atoms with Crippen LogP contribution < -0.4 is 5.32 Å². The third-order valence-electron chi connectivity index (χ3n) is 2.07. The highest BCUT2D eigenvalue weighted by atomic mass is 32.2. The van der Waals surface area contributed by atoms with E-state index in [1.54, 1.807) is 0 Å². The Kier molecular flexibility index (Phi) is 4.82. The third kappa shape index (κ3) is 5.21. The number of carboxylic acid groups (broad SMARTS) is 1. The van der Waals surface area contributed by atoms with Gasteiger partial charge in [0.05, 0.1) is 0 Å². The molecule has 0 unspecified atom stereocenters. The van der Waals surface area contributed by atoms with E-state index in [4.69, 9.17) is 5.11 Å². The van der Waals surface area contributed by atoms with Gasteiger partial charge >= 0.3 is 11.5 Å². The van der Waals surface area contributed by atoms with Gasteiger partial charge in [0.1, 0.15) is 6.04 Å². The minimum absolute atomic E-state index is 0.0460. The average molecular weight is 293 g/mol. The Morgan fingerprint density at radius 1 is 1.26 bits per heavy atom. The standard InChI is InChI=1S/C11H10F3NO3S/c1-6(10(17)18)15-9(16)7-2-4-8(5-3-7)19-11(12,13)14/h2-6H,1H3,(H,15,16)(H,17,18)/t6-/m1/s1. The van der Waals surface area contributed by atoms with Crippen molar-refractivity contribution in [2.75, 3.05) is 0 Å². The lowest BCUT2D eigenvalue weighted by atomic mass is 10.2. The molecule has 1 atom stereocenters. The van der Waals surface area contributed by atoms with Crippen LogP contribution in [0.5, 0.6) is 0 Å². The summed E-state index contributed by atoms with van der Waals surface area (Å²) in [6, 6.07) is 3.64. The van der Waals surface area contributed by atoms with Crippen molar-refractivity contribution >= 4 is 23.6 Å². The SMILES string of the molecule is C[C@@H](NC(=O)c1ccc(SC(F)(F)F)cc1)C(=O)O. The maximum atomic E-state index is 12.1. The van der Waals surface area contributed by atoms with Crippen LogP contribution in [0, 0.1) is 0 Å². The van der Waals surface area contributed by atoms with Crippen LogP contribution in [0.1, 0.15) is 17.3 Å². The van der Waals surface area contributed by atoms with Crippen molar-refractivity contribution < 1.29 is 27.9 Å². The monoisotopic (exact) mass is 293 g/mol. The first kappa shape index (κ1) is 15.4. The highest BCUT2D eigenvalue weighted by molar-refractivity contribution is 8.00. The Labute approximate surface area is 111 Å². The van der Waals surface area contributed by atoms with Crippen LogP contribution in [-0.4, -0.2) is 28.5 Å². The number of carbonyl (C=O) groups excluding carboxylic acids is 1. The first-order valence-electron chi connectivity index (χ1n) is 5.08. The van der Waals surface area contributed by atoms with Gasteiger partial charge in [-0.25, -0.2) is 0 Å². The Balaban J connectivity index is 2.71. The predicted octanol–water partition coefficient (Wildman–Crippen LogP) is 2.50. The molecule has 0 bridgehead atoms. The summed E-state index contributed by atoms with van der Waals surface area (Å²) in [6.45, 7) is 1.29. The summed E-state index contributed by atoms with van der Waals surface area (Å²) < 4.78 is 36.2. The topological polar surface area (TPSA) is 66.4 Å². The number of nitrogens with one attached hydrogen (secondary N) is 1. The van der Waals surface area contributed by atoms with Gasteiger partial charge in [-0.3, -0.25) is 9.59 Å². The van der Waals surface area contributed by atoms with Crippen molar-refractivity contribution in [1.29, 1.82) is 0 Å². The van der Waals surface area contributed by atoms with Crippen LogP contribution in [0.25, 0.3) is 0 Å². The lowest BCUT2D eigenvalue weighted by molar-refractivity contribution is -0.138. The number of halogens is 3. The number of thioether (sulfide) groups is 1. The van der Waals surface area contributed by atoms with Crippen molar-refractivity contribution in [3.05, 3.63) is 29.8 Å². The van der Waals surface area contributed by atoms with Crippen molar-refractivity contribution in [1.82, 2.24) is 5.32 Å². The molecule has 1 aromatic rings. The molecule has 1 rings (SSSR count). The molecule has 104 valence electrons. The van der Waals surface area contributed by atoms with Gasteiger partial charge in [0, 0.05) is 10.5 Å². The smallest absolute Gasteiger partial charge is 0.446 e. The maximum absolute atomic E-state index is 12.1. The van der Waals surface area contributed by atoms with Gasteiger partial charge in [-0.1, -0.05) is 0 Å². The number of amides is 1. The highest BCUT2D eigenvalue weighted by Gasteiger charge is 2.29. The van der Waals surface area contributed by atoms with E-state index in [2.05, 4.69) is 5.32 Å². The fourth-order valence-corrected chi connectivity index (χ4v) is 1.69. The molecule has 0 aliphatic carbocycles. The summed E-state index contributed by atoms with van der Waals surface area (Å²) >= 11 is -0.286. The van der Waals surface area contributed by atoms with Crippen LogP contribution >= 0.6 is 11.8 Å². The summed E-state index contributed by atoms with van der Waals surface area (Å²) in [7, 11) is 0. The molecule has 2 N–H and O–H groups in total. The van der Waals surface area contributed by atoms with Gasteiger partial charge in [0.25, 0.3) is 5.91 Å². The van der Waals surface area contributed by atoms with Crippen LogP contribution in [0.3, 0.4) is 0 Å². The van der Waals surface area contributed by atoms with Crippen molar-refractivity contribution in [2.45, 2.75) is 23.4 Å². The fourth-order valence-electron chi connectivity index (χ4n) is 1.15. The van der Waals surface area contributed by atoms with Crippen molar-refractivity contribution in [2.24, 2.45) is 0 Å². The summed E-state index contributed by atoms with van der Waals surface area (Å²) in [5, 5.41) is 10.8. The Hall–Kier alpha value is -1.70. The second-order valence-electron chi connectivity index (χ2n) is 3.61. The Morgan fingerprint density at radius 2 is 1.79 bits per heavy atom. The van der Waals surface area contributed by atoms with E-state index >= 15 is 0 Å². The maximum Gasteiger partial charge on any atom is 0.446 e. The van der Waals surface area contributed by atoms with Gasteiger partial charge in [0.2, 0.25) is 0 Å². The number of carboxylic acids is 1. The van der Waals surface area contributed by atoms with E-state index in [1.807, 2.05) is 0 Å². The van der Waals surface area contributed by atoms with E-state index in [9.17, 15) is 22.8 Å². The largest absolute Gasteiger partial charge is 0.480 e. The first-order chi connectivity index (χ1) is 8.69. The van der Waals surface area contributed by atoms with Gasteiger partial charge < -0.3 is 10.4 Å². The molecule has 1 aromatic carbocycles. The minimum atomic E-state index is -4.39. The number of benzene rings is 1. The molecule has 0 heterocycles. The number of alkyl halides is 3. The van der Waals surface area contributed by atoms with Crippen molar-refractivity contribution in [3.8, 4) is 0 Å². The molecular formula is C11H10F3NO3S. The molecule has 0 saturated heterocycles. The minimum Gasteiger partial charge on any atom is -0.480 e. The summed E-state index contributed by atoms with van der Waals surface area (Å²) in [5.41, 5.74) is -4.29. The molecule has 0 saturated carbocycles. The molecule has 19 heavy (non-hydrogen) atoms. The van der Waals surface area contributed by atoms with Gasteiger partial charge in [-0.15, -0.1) is 0 Å². The second kappa shape index (κ2) is 5.96. The number of carbonyl (C=O) groups is 2. The molecule has 0 aromatic heterocycles. The molecule has 0 fully saturated rings.